The quantitative estimate of drug-likeness (QED) is 0.427. The van der Waals surface area contributed by atoms with Gasteiger partial charge in [-0.05, 0) is 42.5 Å². The number of anilines is 4. The summed E-state index contributed by atoms with van der Waals surface area (Å²) in [5.74, 6) is 1.86. The molecule has 0 saturated heterocycles. The van der Waals surface area contributed by atoms with Gasteiger partial charge in [-0.2, -0.15) is 0 Å². The predicted octanol–water partition coefficient (Wildman–Crippen LogP) is 3.76. The first-order valence-corrected chi connectivity index (χ1v) is 11.6. The number of aryl methyl sites for hydroxylation is 1. The highest BCUT2D eigenvalue weighted by Gasteiger charge is 2.23. The first-order chi connectivity index (χ1) is 15.0. The zero-order valence-corrected chi connectivity index (χ0v) is 18.0. The van der Waals surface area contributed by atoms with Gasteiger partial charge >= 0.3 is 0 Å². The monoisotopic (exact) mass is 434 g/mol. The van der Waals surface area contributed by atoms with Gasteiger partial charge in [-0.3, -0.25) is 18.8 Å². The Morgan fingerprint density at radius 3 is 2.61 bits per heavy atom. The highest BCUT2D eigenvalue weighted by atomic mass is 32.2. The van der Waals surface area contributed by atoms with E-state index in [0.29, 0.717) is 44.9 Å². The van der Waals surface area contributed by atoms with Gasteiger partial charge in [0.15, 0.2) is 5.65 Å². The van der Waals surface area contributed by atoms with E-state index in [0.717, 1.165) is 0 Å². The van der Waals surface area contributed by atoms with E-state index in [1.807, 2.05) is 30.5 Å². The van der Waals surface area contributed by atoms with Crippen molar-refractivity contribution >= 4 is 44.8 Å². The second-order valence-electron chi connectivity index (χ2n) is 7.71. The molecule has 0 spiro atoms. The maximum atomic E-state index is 12.7. The number of pyridine rings is 2. The van der Waals surface area contributed by atoms with Crippen LogP contribution in [0.5, 0.6) is 0 Å². The molecule has 31 heavy (non-hydrogen) atoms. The molecule has 0 bridgehead atoms. The second kappa shape index (κ2) is 7.66. The Hall–Kier alpha value is -3.46. The maximum Gasteiger partial charge on any atom is 0.277 e. The van der Waals surface area contributed by atoms with E-state index >= 15 is 0 Å². The molecule has 1 atom stereocenters. The summed E-state index contributed by atoms with van der Waals surface area (Å²) in [5, 5.41) is 9.92. The first kappa shape index (κ1) is 19.5. The van der Waals surface area contributed by atoms with E-state index in [2.05, 4.69) is 31.8 Å². The van der Waals surface area contributed by atoms with Gasteiger partial charge in [-0.15, -0.1) is 0 Å². The topological polar surface area (TPSA) is 105 Å². The normalized spacial score (nSPS) is 14.5. The molecule has 158 valence electrons. The highest BCUT2D eigenvalue weighted by Crippen LogP contribution is 2.39. The summed E-state index contributed by atoms with van der Waals surface area (Å²) in [6.07, 6.45) is 5.98. The van der Waals surface area contributed by atoms with Crippen molar-refractivity contribution in [1.29, 1.82) is 0 Å². The lowest BCUT2D eigenvalue weighted by Gasteiger charge is -2.13. The summed E-state index contributed by atoms with van der Waals surface area (Å²) < 4.78 is 13.5. The fraction of sp³-hybridized carbons (Fsp3) is 0.227. The van der Waals surface area contributed by atoms with Crippen LogP contribution in [0.1, 0.15) is 24.3 Å². The van der Waals surface area contributed by atoms with Gasteiger partial charge in [0.25, 0.3) is 5.56 Å². The third-order valence-electron chi connectivity index (χ3n) is 5.37. The summed E-state index contributed by atoms with van der Waals surface area (Å²) in [5.41, 5.74) is 2.76. The van der Waals surface area contributed by atoms with Crippen LogP contribution in [0.4, 0.5) is 23.0 Å². The van der Waals surface area contributed by atoms with Crippen molar-refractivity contribution in [2.24, 2.45) is 7.05 Å². The average Bonchev–Trinajstić information content (AvgIpc) is 3.55. The number of nitrogens with zero attached hydrogens (tertiary/aromatic N) is 3. The predicted molar refractivity (Wildman–Crippen MR) is 123 cm³/mol. The average molecular weight is 435 g/mol. The lowest BCUT2D eigenvalue weighted by atomic mass is 10.2. The Labute approximate surface area is 181 Å². The maximum absolute atomic E-state index is 12.7. The molecular weight excluding hydrogens is 412 g/mol. The number of hydrogen-bond acceptors (Lipinski definition) is 6. The highest BCUT2D eigenvalue weighted by molar-refractivity contribution is 7.84. The first-order valence-electron chi connectivity index (χ1n) is 10.0. The van der Waals surface area contributed by atoms with Crippen LogP contribution in [0.15, 0.2) is 58.4 Å². The summed E-state index contributed by atoms with van der Waals surface area (Å²) in [6.45, 7) is 0. The Kier molecular flexibility index (Phi) is 4.82. The van der Waals surface area contributed by atoms with Crippen LogP contribution in [0.2, 0.25) is 0 Å². The Bertz CT molecular complexity index is 1350. The minimum absolute atomic E-state index is 0.196. The molecule has 1 unspecified atom stereocenters. The lowest BCUT2D eigenvalue weighted by molar-refractivity contribution is 0.687. The molecule has 1 fully saturated rings. The summed E-state index contributed by atoms with van der Waals surface area (Å²) in [7, 11) is 0.466. The van der Waals surface area contributed by atoms with Gasteiger partial charge in [-0.25, -0.2) is 9.97 Å². The summed E-state index contributed by atoms with van der Waals surface area (Å²) in [4.78, 5) is 22.4. The standard InChI is InChI=1S/C22H22N6O2S/c1-28-22(29)20-16(24-15-5-3-4-6-17(15)31(2)30)11-19(26-21(20)27-28)25-18-10-9-14(12-23-18)13-7-8-13/h3-6,9-13H,7-8H2,1-2H3,(H3,23,24,25,26,27). The lowest BCUT2D eigenvalue weighted by Crippen LogP contribution is -2.12. The van der Waals surface area contributed by atoms with E-state index in [-0.39, 0.29) is 5.56 Å². The van der Waals surface area contributed by atoms with Gasteiger partial charge in [0, 0.05) is 25.6 Å². The third kappa shape index (κ3) is 3.84. The molecule has 8 nitrogen and oxygen atoms in total. The van der Waals surface area contributed by atoms with Crippen LogP contribution in [0.3, 0.4) is 0 Å². The number of rotatable bonds is 6. The third-order valence-corrected chi connectivity index (χ3v) is 6.34. The minimum Gasteiger partial charge on any atom is -0.354 e. The number of nitrogens with one attached hydrogen (secondary N) is 3. The summed E-state index contributed by atoms with van der Waals surface area (Å²) >= 11 is 0. The molecule has 0 aliphatic heterocycles. The van der Waals surface area contributed by atoms with E-state index in [1.165, 1.54) is 23.1 Å². The molecule has 5 rings (SSSR count). The largest absolute Gasteiger partial charge is 0.354 e. The number of para-hydroxylation sites is 1. The zero-order valence-electron chi connectivity index (χ0n) is 17.2. The number of H-pyrrole nitrogens is 1. The smallest absolute Gasteiger partial charge is 0.277 e. The van der Waals surface area contributed by atoms with E-state index in [1.54, 1.807) is 25.4 Å². The fourth-order valence-electron chi connectivity index (χ4n) is 3.62. The van der Waals surface area contributed by atoms with E-state index in [9.17, 15) is 9.00 Å². The molecule has 3 heterocycles. The number of benzene rings is 1. The van der Waals surface area contributed by atoms with Crippen LogP contribution in [-0.2, 0) is 17.8 Å². The molecule has 0 amide bonds. The number of hydrogen-bond donors (Lipinski definition) is 3. The van der Waals surface area contributed by atoms with Crippen molar-refractivity contribution in [2.45, 2.75) is 23.7 Å². The van der Waals surface area contributed by atoms with Gasteiger partial charge in [0.1, 0.15) is 17.0 Å². The van der Waals surface area contributed by atoms with Crippen molar-refractivity contribution in [2.75, 3.05) is 16.9 Å². The number of aromatic nitrogens is 4. The van der Waals surface area contributed by atoms with Crippen molar-refractivity contribution in [3.63, 3.8) is 0 Å². The number of aromatic amines is 1. The van der Waals surface area contributed by atoms with E-state index < -0.39 is 10.8 Å². The number of fused-ring (bicyclic) bond motifs is 1. The summed E-state index contributed by atoms with van der Waals surface area (Å²) in [6, 6.07) is 13.1. The SMILES string of the molecule is Cn1[nH]c2nc(Nc3ccc(C4CC4)cn3)cc(Nc3ccccc3S(C)=O)c2c1=O. The van der Waals surface area contributed by atoms with Gasteiger partial charge in [-0.1, -0.05) is 18.2 Å². The van der Waals surface area contributed by atoms with Gasteiger partial charge in [0.05, 0.1) is 27.1 Å². The Balaban J connectivity index is 1.55. The van der Waals surface area contributed by atoms with Crippen LogP contribution in [-0.4, -0.2) is 30.2 Å². The Morgan fingerprint density at radius 1 is 1.10 bits per heavy atom. The van der Waals surface area contributed by atoms with E-state index in [4.69, 9.17) is 0 Å². The molecule has 1 aliphatic rings. The molecule has 0 radical (unpaired) electrons. The Morgan fingerprint density at radius 2 is 1.90 bits per heavy atom. The molecule has 3 aromatic heterocycles. The van der Waals surface area contributed by atoms with Crippen LogP contribution < -0.4 is 16.2 Å². The van der Waals surface area contributed by atoms with Crippen LogP contribution in [0.25, 0.3) is 11.0 Å². The van der Waals surface area contributed by atoms with Crippen LogP contribution >= 0.6 is 0 Å². The molecule has 3 N–H and O–H groups in total. The second-order valence-corrected chi connectivity index (χ2v) is 9.05. The van der Waals surface area contributed by atoms with Crippen molar-refractivity contribution in [3.8, 4) is 0 Å². The molecule has 9 heteroatoms. The fourth-order valence-corrected chi connectivity index (χ4v) is 4.32. The molecule has 4 aromatic rings. The zero-order chi connectivity index (χ0) is 21.5. The molecular formula is C22H22N6O2S. The van der Waals surface area contributed by atoms with Crippen molar-refractivity contribution < 1.29 is 4.21 Å². The van der Waals surface area contributed by atoms with Crippen molar-refractivity contribution in [3.05, 3.63) is 64.6 Å². The van der Waals surface area contributed by atoms with Crippen molar-refractivity contribution in [1.82, 2.24) is 19.7 Å². The molecule has 1 saturated carbocycles. The minimum atomic E-state index is -1.18. The van der Waals surface area contributed by atoms with Gasteiger partial charge in [0.2, 0.25) is 0 Å². The molecule has 1 aromatic carbocycles. The molecule has 1 aliphatic carbocycles. The van der Waals surface area contributed by atoms with Gasteiger partial charge < -0.3 is 10.6 Å². The van der Waals surface area contributed by atoms with Crippen LogP contribution in [0, 0.1) is 0 Å².